The van der Waals surface area contributed by atoms with Gasteiger partial charge in [-0.2, -0.15) is 0 Å². The smallest absolute Gasteiger partial charge is 0.152 e. The molecule has 2 rings (SSSR count). The Morgan fingerprint density at radius 3 is 1.91 bits per heavy atom. The Balaban J connectivity index is 2.69. The molecule has 5 heteroatoms. The van der Waals surface area contributed by atoms with Crippen molar-refractivity contribution in [2.75, 3.05) is 0 Å². The second kappa shape index (κ2) is 1.85. The third-order valence-corrected chi connectivity index (χ3v) is 1.42. The topological polar surface area (TPSA) is 85.5 Å². The third kappa shape index (κ3) is 0.706. The molecule has 0 radical (unpaired) electrons. The van der Waals surface area contributed by atoms with E-state index in [4.69, 9.17) is 10.8 Å². The summed E-state index contributed by atoms with van der Waals surface area (Å²) in [5.41, 5.74) is 0.912. The lowest BCUT2D eigenvalue weighted by atomic mass is 10.3. The van der Waals surface area contributed by atoms with Gasteiger partial charge in [0.2, 0.25) is 0 Å². The highest BCUT2D eigenvalue weighted by Gasteiger charge is 2.22. The lowest BCUT2D eigenvalue weighted by Gasteiger charge is -1.89. The fourth-order valence-corrected chi connectivity index (χ4v) is 0.947. The van der Waals surface area contributed by atoms with E-state index in [1.807, 2.05) is 0 Å². The summed E-state index contributed by atoms with van der Waals surface area (Å²) in [6, 6.07) is 0. The van der Waals surface area contributed by atoms with Crippen LogP contribution in [0.15, 0.2) is 12.4 Å². The van der Waals surface area contributed by atoms with Crippen molar-refractivity contribution in [2.45, 2.75) is 0 Å². The Labute approximate surface area is 62.5 Å². The zero-order valence-corrected chi connectivity index (χ0v) is 5.55. The minimum absolute atomic E-state index is 0.151. The van der Waals surface area contributed by atoms with Gasteiger partial charge in [0.05, 0.1) is 0 Å². The van der Waals surface area contributed by atoms with Gasteiger partial charge in [0, 0.05) is 12.4 Å². The van der Waals surface area contributed by atoms with Crippen LogP contribution in [0.1, 0.15) is 11.4 Å². The van der Waals surface area contributed by atoms with Gasteiger partial charge in [-0.05, 0) is 0 Å². The van der Waals surface area contributed by atoms with Gasteiger partial charge in [-0.1, -0.05) is 0 Å². The zero-order valence-electron chi connectivity index (χ0n) is 5.55. The Morgan fingerprint density at radius 2 is 1.45 bits per heavy atom. The van der Waals surface area contributed by atoms with Crippen LogP contribution in [-0.2, 0) is 0 Å². The van der Waals surface area contributed by atoms with Gasteiger partial charge in [0.1, 0.15) is 11.4 Å². The molecule has 0 unspecified atom stereocenters. The highest BCUT2D eigenvalue weighted by atomic mass is 15.1. The van der Waals surface area contributed by atoms with Crippen molar-refractivity contribution < 1.29 is 0 Å². The number of amidine groups is 2. The van der Waals surface area contributed by atoms with Crippen LogP contribution in [0.3, 0.4) is 0 Å². The SMILES string of the molecule is N=C1NC(=N)c2nccnc21. The molecule has 0 bridgehead atoms. The molecular weight excluding hydrogens is 142 g/mol. The molecule has 0 fully saturated rings. The molecule has 2 heterocycles. The van der Waals surface area contributed by atoms with Gasteiger partial charge in [-0.3, -0.25) is 10.8 Å². The maximum Gasteiger partial charge on any atom is 0.152 e. The average molecular weight is 147 g/mol. The maximum absolute atomic E-state index is 7.31. The van der Waals surface area contributed by atoms with Gasteiger partial charge in [0.15, 0.2) is 11.7 Å². The Morgan fingerprint density at radius 1 is 1.00 bits per heavy atom. The first kappa shape index (κ1) is 5.96. The Hall–Kier alpha value is -1.78. The number of hydrogen-bond donors (Lipinski definition) is 3. The lowest BCUT2D eigenvalue weighted by Crippen LogP contribution is -2.20. The molecular formula is C6H5N5. The van der Waals surface area contributed by atoms with Crippen LogP contribution in [0.2, 0.25) is 0 Å². The van der Waals surface area contributed by atoms with Crippen LogP contribution < -0.4 is 5.32 Å². The zero-order chi connectivity index (χ0) is 7.84. The second-order valence-electron chi connectivity index (χ2n) is 2.13. The van der Waals surface area contributed by atoms with Crippen LogP contribution in [0, 0.1) is 10.8 Å². The average Bonchev–Trinajstić information content (AvgIpc) is 2.30. The largest absolute Gasteiger partial charge is 0.322 e. The van der Waals surface area contributed by atoms with Crippen molar-refractivity contribution in [2.24, 2.45) is 0 Å². The number of nitrogens with one attached hydrogen (secondary N) is 3. The van der Waals surface area contributed by atoms with Crippen LogP contribution in [0.5, 0.6) is 0 Å². The molecule has 3 N–H and O–H groups in total. The van der Waals surface area contributed by atoms with Crippen molar-refractivity contribution in [1.82, 2.24) is 15.3 Å². The van der Waals surface area contributed by atoms with E-state index in [1.54, 1.807) is 0 Å². The highest BCUT2D eigenvalue weighted by Crippen LogP contribution is 2.07. The van der Waals surface area contributed by atoms with E-state index in [-0.39, 0.29) is 11.7 Å². The first-order valence-electron chi connectivity index (χ1n) is 3.05. The van der Waals surface area contributed by atoms with E-state index in [0.717, 1.165) is 0 Å². The summed E-state index contributed by atoms with van der Waals surface area (Å²) in [5, 5.41) is 17.1. The molecule has 0 aromatic carbocycles. The molecule has 5 nitrogen and oxygen atoms in total. The number of hydrogen-bond acceptors (Lipinski definition) is 4. The van der Waals surface area contributed by atoms with Crippen LogP contribution in [0.4, 0.5) is 0 Å². The predicted octanol–water partition coefficient (Wildman–Crippen LogP) is -0.269. The van der Waals surface area contributed by atoms with Crippen LogP contribution in [0.25, 0.3) is 0 Å². The molecule has 1 aliphatic heterocycles. The quantitative estimate of drug-likeness (QED) is 0.472. The summed E-state index contributed by atoms with van der Waals surface area (Å²) >= 11 is 0. The molecule has 1 aromatic heterocycles. The monoisotopic (exact) mass is 147 g/mol. The van der Waals surface area contributed by atoms with E-state index in [9.17, 15) is 0 Å². The maximum atomic E-state index is 7.31. The number of rotatable bonds is 0. The molecule has 0 spiro atoms. The summed E-state index contributed by atoms with van der Waals surface area (Å²) in [6.45, 7) is 0. The Bertz CT molecular complexity index is 310. The standard InChI is InChI=1S/C6H5N5/c7-5-3-4(6(8)11-5)10-2-1-9-3/h1-2H,(H3,7,8,11). The van der Waals surface area contributed by atoms with Gasteiger partial charge in [-0.25, -0.2) is 9.97 Å². The van der Waals surface area contributed by atoms with Crippen molar-refractivity contribution in [3.8, 4) is 0 Å². The number of fused-ring (bicyclic) bond motifs is 1. The summed E-state index contributed by atoms with van der Waals surface area (Å²) in [5.74, 6) is 0.302. The van der Waals surface area contributed by atoms with E-state index in [2.05, 4.69) is 15.3 Å². The summed E-state index contributed by atoms with van der Waals surface area (Å²) in [7, 11) is 0. The molecule has 54 valence electrons. The lowest BCUT2D eigenvalue weighted by molar-refractivity contribution is 1.16. The van der Waals surface area contributed by atoms with E-state index < -0.39 is 0 Å². The minimum atomic E-state index is 0.151. The summed E-state index contributed by atoms with van der Waals surface area (Å²) in [6.07, 6.45) is 3.02. The fraction of sp³-hybridized carbons (Fsp3) is 0. The van der Waals surface area contributed by atoms with E-state index in [0.29, 0.717) is 11.4 Å². The normalized spacial score (nSPS) is 14.5. The van der Waals surface area contributed by atoms with Crippen molar-refractivity contribution in [1.29, 1.82) is 10.8 Å². The molecule has 1 aliphatic rings. The van der Waals surface area contributed by atoms with Gasteiger partial charge in [0.25, 0.3) is 0 Å². The van der Waals surface area contributed by atoms with Crippen LogP contribution in [-0.4, -0.2) is 21.6 Å². The fourth-order valence-electron chi connectivity index (χ4n) is 0.947. The molecule has 0 saturated heterocycles. The number of nitrogens with zero attached hydrogens (tertiary/aromatic N) is 2. The van der Waals surface area contributed by atoms with E-state index >= 15 is 0 Å². The third-order valence-electron chi connectivity index (χ3n) is 1.42. The number of aromatic nitrogens is 2. The van der Waals surface area contributed by atoms with Crippen molar-refractivity contribution in [3.63, 3.8) is 0 Å². The molecule has 0 saturated carbocycles. The summed E-state index contributed by atoms with van der Waals surface area (Å²) in [4.78, 5) is 7.80. The molecule has 1 aromatic rings. The van der Waals surface area contributed by atoms with Gasteiger partial charge >= 0.3 is 0 Å². The second-order valence-corrected chi connectivity index (χ2v) is 2.13. The predicted molar refractivity (Wildman–Crippen MR) is 38.8 cm³/mol. The molecule has 11 heavy (non-hydrogen) atoms. The Kier molecular flexibility index (Phi) is 1.00. The van der Waals surface area contributed by atoms with Gasteiger partial charge in [-0.15, -0.1) is 0 Å². The molecule has 0 atom stereocenters. The molecule has 0 aliphatic carbocycles. The van der Waals surface area contributed by atoms with Crippen LogP contribution >= 0.6 is 0 Å². The first-order valence-corrected chi connectivity index (χ1v) is 3.05. The van der Waals surface area contributed by atoms with Gasteiger partial charge < -0.3 is 5.32 Å². The summed E-state index contributed by atoms with van der Waals surface area (Å²) < 4.78 is 0. The minimum Gasteiger partial charge on any atom is -0.322 e. The first-order chi connectivity index (χ1) is 5.29. The molecule has 0 amide bonds. The van der Waals surface area contributed by atoms with Crippen molar-refractivity contribution in [3.05, 3.63) is 23.8 Å². The highest BCUT2D eigenvalue weighted by molar-refractivity contribution is 6.21. The van der Waals surface area contributed by atoms with E-state index in [1.165, 1.54) is 12.4 Å². The van der Waals surface area contributed by atoms with Crippen molar-refractivity contribution >= 4 is 11.7 Å².